The summed E-state index contributed by atoms with van der Waals surface area (Å²) in [6.45, 7) is 0.260. The standard InChI is InChI=1S/C16H15N5O5S/c22-11-4-2-1-3-10(11)17-13(24)9-27-16-20-19-14(26-16)6-8-21-7-5-12(23)18-15(21)25/h1-5,7,22H,6,8-9H2,(H,17,24)(H,18,23,25). The van der Waals surface area contributed by atoms with Gasteiger partial charge in [-0.2, -0.15) is 0 Å². The SMILES string of the molecule is O=C(CSc1nnc(CCn2ccc(=O)[nH]c2=O)o1)Nc1ccccc1O. The summed E-state index contributed by atoms with van der Waals surface area (Å²) in [7, 11) is 0. The molecule has 11 heteroatoms. The van der Waals surface area contributed by atoms with E-state index in [1.54, 1.807) is 18.2 Å². The maximum absolute atomic E-state index is 11.9. The summed E-state index contributed by atoms with van der Waals surface area (Å²) in [5.74, 6) is -0.0267. The number of phenolic OH excluding ortho intramolecular Hbond substituents is 1. The molecule has 3 N–H and O–H groups in total. The Morgan fingerprint density at radius 1 is 1.26 bits per heavy atom. The topological polar surface area (TPSA) is 143 Å². The molecule has 0 unspecified atom stereocenters. The Labute approximate surface area is 156 Å². The number of aryl methyl sites for hydroxylation is 2. The van der Waals surface area contributed by atoms with Crippen molar-refractivity contribution in [2.45, 2.75) is 18.2 Å². The fourth-order valence-electron chi connectivity index (χ4n) is 2.13. The Kier molecular flexibility index (Phi) is 5.71. The smallest absolute Gasteiger partial charge is 0.328 e. The summed E-state index contributed by atoms with van der Waals surface area (Å²) in [5.41, 5.74) is -0.659. The first kappa shape index (κ1) is 18.5. The Bertz CT molecular complexity index is 1060. The van der Waals surface area contributed by atoms with Crippen LogP contribution < -0.4 is 16.6 Å². The monoisotopic (exact) mass is 389 g/mol. The number of rotatable bonds is 7. The van der Waals surface area contributed by atoms with Crippen LogP contribution in [0.25, 0.3) is 0 Å². The van der Waals surface area contributed by atoms with Gasteiger partial charge in [0.25, 0.3) is 10.8 Å². The average molecular weight is 389 g/mol. The molecule has 0 aliphatic carbocycles. The molecule has 0 fully saturated rings. The van der Waals surface area contributed by atoms with Gasteiger partial charge in [-0.3, -0.25) is 14.6 Å². The van der Waals surface area contributed by atoms with Crippen LogP contribution in [0.2, 0.25) is 0 Å². The van der Waals surface area contributed by atoms with Crippen molar-refractivity contribution in [3.05, 3.63) is 63.3 Å². The molecule has 2 heterocycles. The molecule has 0 atom stereocenters. The fraction of sp³-hybridized carbons (Fsp3) is 0.188. The number of aromatic amines is 1. The number of amides is 1. The van der Waals surface area contributed by atoms with Gasteiger partial charge in [0.05, 0.1) is 11.4 Å². The van der Waals surface area contributed by atoms with Crippen LogP contribution >= 0.6 is 11.8 Å². The van der Waals surface area contributed by atoms with Gasteiger partial charge in [-0.25, -0.2) is 4.79 Å². The fourth-order valence-corrected chi connectivity index (χ4v) is 2.71. The third kappa shape index (κ3) is 5.07. The zero-order chi connectivity index (χ0) is 19.2. The molecule has 3 rings (SSSR count). The van der Waals surface area contributed by atoms with Crippen LogP contribution in [0.5, 0.6) is 5.75 Å². The minimum Gasteiger partial charge on any atom is -0.506 e. The number of para-hydroxylation sites is 2. The first-order valence-electron chi connectivity index (χ1n) is 7.84. The highest BCUT2D eigenvalue weighted by molar-refractivity contribution is 7.99. The molecule has 2 aromatic heterocycles. The first-order valence-corrected chi connectivity index (χ1v) is 8.82. The van der Waals surface area contributed by atoms with Crippen molar-refractivity contribution in [1.29, 1.82) is 0 Å². The van der Waals surface area contributed by atoms with E-state index in [0.717, 1.165) is 11.8 Å². The molecular formula is C16H15N5O5S. The van der Waals surface area contributed by atoms with Crippen LogP contribution in [0.1, 0.15) is 5.89 Å². The van der Waals surface area contributed by atoms with Crippen molar-refractivity contribution in [3.63, 3.8) is 0 Å². The van der Waals surface area contributed by atoms with Gasteiger partial charge in [-0.1, -0.05) is 23.9 Å². The van der Waals surface area contributed by atoms with Crippen LogP contribution in [-0.4, -0.2) is 36.5 Å². The number of carbonyl (C=O) groups excluding carboxylic acids is 1. The van der Waals surface area contributed by atoms with E-state index in [0.29, 0.717) is 18.0 Å². The second-order valence-corrected chi connectivity index (χ2v) is 6.30. The van der Waals surface area contributed by atoms with E-state index in [-0.39, 0.29) is 29.2 Å². The number of aromatic hydroxyl groups is 1. The number of phenols is 1. The molecule has 0 saturated heterocycles. The minimum atomic E-state index is -0.516. The number of carbonyl (C=O) groups is 1. The largest absolute Gasteiger partial charge is 0.506 e. The molecule has 1 amide bonds. The number of aromatic nitrogens is 4. The number of hydrogen-bond acceptors (Lipinski definition) is 8. The number of thioether (sulfide) groups is 1. The molecule has 0 spiro atoms. The summed E-state index contributed by atoms with van der Waals surface area (Å²) < 4.78 is 6.74. The summed E-state index contributed by atoms with van der Waals surface area (Å²) in [4.78, 5) is 36.7. The van der Waals surface area contributed by atoms with Crippen molar-refractivity contribution >= 4 is 23.4 Å². The van der Waals surface area contributed by atoms with Gasteiger partial charge in [0.2, 0.25) is 11.8 Å². The summed E-state index contributed by atoms with van der Waals surface area (Å²) in [5, 5.41) is 20.1. The van der Waals surface area contributed by atoms with Crippen molar-refractivity contribution in [2.24, 2.45) is 0 Å². The zero-order valence-electron chi connectivity index (χ0n) is 13.9. The van der Waals surface area contributed by atoms with E-state index in [2.05, 4.69) is 20.5 Å². The molecule has 0 radical (unpaired) electrons. The first-order chi connectivity index (χ1) is 13.0. The number of H-pyrrole nitrogens is 1. The number of nitrogens with zero attached hydrogens (tertiary/aromatic N) is 3. The normalized spacial score (nSPS) is 10.7. The highest BCUT2D eigenvalue weighted by atomic mass is 32.2. The molecule has 0 aliphatic heterocycles. The molecule has 0 saturated carbocycles. The Morgan fingerprint density at radius 2 is 2.07 bits per heavy atom. The maximum atomic E-state index is 11.9. The van der Waals surface area contributed by atoms with Crippen molar-refractivity contribution < 1.29 is 14.3 Å². The Hall–Kier alpha value is -3.34. The van der Waals surface area contributed by atoms with E-state index in [1.165, 1.54) is 22.9 Å². The Morgan fingerprint density at radius 3 is 2.85 bits per heavy atom. The number of hydrogen-bond donors (Lipinski definition) is 3. The highest BCUT2D eigenvalue weighted by Crippen LogP contribution is 2.22. The molecule has 0 aliphatic rings. The molecular weight excluding hydrogens is 374 g/mol. The van der Waals surface area contributed by atoms with E-state index in [9.17, 15) is 19.5 Å². The summed E-state index contributed by atoms with van der Waals surface area (Å²) in [6.07, 6.45) is 1.68. The lowest BCUT2D eigenvalue weighted by atomic mass is 10.3. The molecule has 3 aromatic rings. The second-order valence-electron chi connectivity index (χ2n) is 5.37. The van der Waals surface area contributed by atoms with Gasteiger partial charge in [-0.15, -0.1) is 10.2 Å². The van der Waals surface area contributed by atoms with Crippen LogP contribution in [-0.2, 0) is 17.8 Å². The maximum Gasteiger partial charge on any atom is 0.328 e. The molecule has 140 valence electrons. The van der Waals surface area contributed by atoms with Crippen molar-refractivity contribution in [1.82, 2.24) is 19.7 Å². The van der Waals surface area contributed by atoms with E-state index >= 15 is 0 Å². The third-order valence-electron chi connectivity index (χ3n) is 3.42. The summed E-state index contributed by atoms with van der Waals surface area (Å²) >= 11 is 1.05. The van der Waals surface area contributed by atoms with Gasteiger partial charge in [0.1, 0.15) is 5.75 Å². The lowest BCUT2D eigenvalue weighted by molar-refractivity contribution is -0.113. The molecule has 27 heavy (non-hydrogen) atoms. The van der Waals surface area contributed by atoms with Gasteiger partial charge in [0, 0.05) is 25.2 Å². The van der Waals surface area contributed by atoms with Crippen molar-refractivity contribution in [3.8, 4) is 5.75 Å². The lowest BCUT2D eigenvalue weighted by Gasteiger charge is -2.05. The van der Waals surface area contributed by atoms with Crippen molar-refractivity contribution in [2.75, 3.05) is 11.1 Å². The van der Waals surface area contributed by atoms with Gasteiger partial charge in [-0.05, 0) is 12.1 Å². The quantitative estimate of drug-likeness (QED) is 0.394. The van der Waals surface area contributed by atoms with E-state index in [4.69, 9.17) is 4.42 Å². The lowest BCUT2D eigenvalue weighted by Crippen LogP contribution is -2.29. The Balaban J connectivity index is 1.50. The minimum absolute atomic E-state index is 0.0200. The van der Waals surface area contributed by atoms with Crippen LogP contribution in [0.4, 0.5) is 5.69 Å². The van der Waals surface area contributed by atoms with Gasteiger partial charge in [0.15, 0.2) is 0 Å². The van der Waals surface area contributed by atoms with Gasteiger partial charge >= 0.3 is 5.69 Å². The zero-order valence-corrected chi connectivity index (χ0v) is 14.7. The average Bonchev–Trinajstić information content (AvgIpc) is 3.09. The number of anilines is 1. The van der Waals surface area contributed by atoms with Crippen LogP contribution in [0.3, 0.4) is 0 Å². The van der Waals surface area contributed by atoms with Gasteiger partial charge < -0.3 is 19.4 Å². The predicted octanol–water partition coefficient (Wildman–Crippen LogP) is 0.599. The second kappa shape index (κ2) is 8.36. The third-order valence-corrected chi connectivity index (χ3v) is 4.24. The van der Waals surface area contributed by atoms with Crippen LogP contribution in [0.15, 0.2) is 55.8 Å². The van der Waals surface area contributed by atoms with E-state index < -0.39 is 11.2 Å². The predicted molar refractivity (Wildman–Crippen MR) is 96.8 cm³/mol. The molecule has 1 aromatic carbocycles. The summed E-state index contributed by atoms with van der Waals surface area (Å²) in [6, 6.07) is 7.66. The molecule has 0 bridgehead atoms. The highest BCUT2D eigenvalue weighted by Gasteiger charge is 2.11. The van der Waals surface area contributed by atoms with Crippen LogP contribution in [0, 0.1) is 0 Å². The van der Waals surface area contributed by atoms with E-state index in [1.807, 2.05) is 0 Å². The number of benzene rings is 1. The number of nitrogens with one attached hydrogen (secondary N) is 2. The molecule has 10 nitrogen and oxygen atoms in total.